The van der Waals surface area contributed by atoms with Gasteiger partial charge in [0.2, 0.25) is 5.88 Å². The van der Waals surface area contributed by atoms with Gasteiger partial charge in [0.25, 0.3) is 5.69 Å². The number of non-ortho nitro benzene ring substituents is 1. The van der Waals surface area contributed by atoms with Gasteiger partial charge in [-0.3, -0.25) is 15.0 Å². The maximum absolute atomic E-state index is 11.6. The number of nitrogens with zero attached hydrogens (tertiary/aromatic N) is 4. The van der Waals surface area contributed by atoms with Crippen LogP contribution in [0, 0.1) is 10.1 Å². The number of piperazine rings is 1. The highest BCUT2D eigenvalue weighted by atomic mass is 16.6. The number of anilines is 1. The van der Waals surface area contributed by atoms with Gasteiger partial charge in [0.15, 0.2) is 5.52 Å². The molecule has 2 heterocycles. The van der Waals surface area contributed by atoms with Crippen LogP contribution in [0.1, 0.15) is 34.7 Å². The topological polar surface area (TPSA) is 92.0 Å². The van der Waals surface area contributed by atoms with Crippen LogP contribution < -0.4 is 9.64 Å². The van der Waals surface area contributed by atoms with E-state index >= 15 is 0 Å². The van der Waals surface area contributed by atoms with E-state index in [1.807, 2.05) is 12.1 Å². The lowest BCUT2D eigenvalue weighted by Crippen LogP contribution is -2.48. The third kappa shape index (κ3) is 4.93. The molecule has 0 bridgehead atoms. The van der Waals surface area contributed by atoms with Gasteiger partial charge in [-0.05, 0) is 41.2 Å². The number of ether oxygens (including phenoxy) is 1. The molecule has 2 aliphatic rings. The van der Waals surface area contributed by atoms with E-state index in [0.29, 0.717) is 23.2 Å². The number of aliphatic hydroxyl groups is 1. The number of aryl methyl sites for hydroxylation is 2. The lowest BCUT2D eigenvalue weighted by Gasteiger charge is -2.41. The molecule has 0 unspecified atom stereocenters. The van der Waals surface area contributed by atoms with Gasteiger partial charge in [-0.25, -0.2) is 4.98 Å². The predicted octanol–water partition coefficient (Wildman–Crippen LogP) is 4.91. The van der Waals surface area contributed by atoms with Gasteiger partial charge in [-0.15, -0.1) is 0 Å². The van der Waals surface area contributed by atoms with E-state index in [1.54, 1.807) is 6.07 Å². The Bertz CT molecular complexity index is 1450. The van der Waals surface area contributed by atoms with Crippen molar-refractivity contribution >= 4 is 22.3 Å². The molecule has 0 radical (unpaired) electrons. The summed E-state index contributed by atoms with van der Waals surface area (Å²) in [6, 6.07) is 24.8. The minimum absolute atomic E-state index is 0.00603. The third-order valence-electron chi connectivity index (χ3n) is 7.89. The van der Waals surface area contributed by atoms with Crippen molar-refractivity contribution in [1.29, 1.82) is 0 Å². The van der Waals surface area contributed by atoms with Crippen LogP contribution in [0.2, 0.25) is 0 Å². The summed E-state index contributed by atoms with van der Waals surface area (Å²) >= 11 is 0. The molecular formula is C31H32N4O4. The molecule has 3 aromatic carbocycles. The van der Waals surface area contributed by atoms with Crippen LogP contribution in [-0.2, 0) is 12.8 Å². The minimum Gasteiger partial charge on any atom is -0.476 e. The van der Waals surface area contributed by atoms with Gasteiger partial charge in [0.1, 0.15) is 5.69 Å². The van der Waals surface area contributed by atoms with Crippen LogP contribution in [0.15, 0.2) is 72.8 Å². The standard InChI is InChI=1S/C31H32N4O4/c36-19-6-20-39-31-28(21-24-9-5-12-27(35(37)38)29(24)32-31)33-15-17-34(18-16-33)30-25-10-3-1-7-22(25)13-14-23-8-2-4-11-26(23)30/h1-5,7-12,21,30,36H,6,13-20H2. The Balaban J connectivity index is 1.31. The molecule has 1 aliphatic carbocycles. The van der Waals surface area contributed by atoms with E-state index in [4.69, 9.17) is 4.74 Å². The maximum atomic E-state index is 11.6. The summed E-state index contributed by atoms with van der Waals surface area (Å²) in [5.41, 5.74) is 6.73. The van der Waals surface area contributed by atoms with Gasteiger partial charge in [-0.1, -0.05) is 60.7 Å². The highest BCUT2D eigenvalue weighted by Crippen LogP contribution is 2.39. The second-order valence-electron chi connectivity index (χ2n) is 10.2. The largest absolute Gasteiger partial charge is 0.476 e. The molecule has 0 atom stereocenters. The van der Waals surface area contributed by atoms with Crippen molar-refractivity contribution in [2.75, 3.05) is 44.3 Å². The Hall–Kier alpha value is -4.01. The molecule has 6 rings (SSSR count). The SMILES string of the molecule is O=[N+]([O-])c1cccc2cc(N3CCN(C4c5ccccc5CCc5ccccc54)CC3)c(OCCCO)nc12. The highest BCUT2D eigenvalue weighted by molar-refractivity contribution is 5.90. The average Bonchev–Trinajstić information content (AvgIpc) is 3.14. The molecular weight excluding hydrogens is 492 g/mol. The zero-order valence-corrected chi connectivity index (χ0v) is 21.8. The van der Waals surface area contributed by atoms with E-state index in [9.17, 15) is 15.2 Å². The molecule has 1 aromatic heterocycles. The van der Waals surface area contributed by atoms with Crippen molar-refractivity contribution in [3.05, 3.63) is 105 Å². The zero-order chi connectivity index (χ0) is 26.8. The first-order chi connectivity index (χ1) is 19.1. The zero-order valence-electron chi connectivity index (χ0n) is 21.8. The lowest BCUT2D eigenvalue weighted by molar-refractivity contribution is -0.383. The summed E-state index contributed by atoms with van der Waals surface area (Å²) in [7, 11) is 0. The molecule has 8 nitrogen and oxygen atoms in total. The fourth-order valence-corrected chi connectivity index (χ4v) is 5.98. The van der Waals surface area contributed by atoms with Crippen LogP contribution in [0.4, 0.5) is 11.4 Å². The van der Waals surface area contributed by atoms with Crippen LogP contribution in [0.3, 0.4) is 0 Å². The molecule has 39 heavy (non-hydrogen) atoms. The van der Waals surface area contributed by atoms with Gasteiger partial charge in [-0.2, -0.15) is 0 Å². The Morgan fingerprint density at radius 1 is 0.923 bits per heavy atom. The first-order valence-electron chi connectivity index (χ1n) is 13.6. The number of aromatic nitrogens is 1. The predicted molar refractivity (Wildman–Crippen MR) is 152 cm³/mol. The number of para-hydroxylation sites is 1. The van der Waals surface area contributed by atoms with E-state index in [0.717, 1.165) is 44.7 Å². The molecule has 1 fully saturated rings. The number of aliphatic hydroxyl groups excluding tert-OH is 1. The molecule has 1 saturated heterocycles. The molecule has 8 heteroatoms. The lowest BCUT2D eigenvalue weighted by atomic mass is 9.92. The maximum Gasteiger partial charge on any atom is 0.295 e. The highest BCUT2D eigenvalue weighted by Gasteiger charge is 2.32. The summed E-state index contributed by atoms with van der Waals surface area (Å²) in [5.74, 6) is 0.379. The Labute approximate surface area is 227 Å². The van der Waals surface area contributed by atoms with Gasteiger partial charge >= 0.3 is 0 Å². The Morgan fingerprint density at radius 3 is 2.23 bits per heavy atom. The molecule has 1 aliphatic heterocycles. The Morgan fingerprint density at radius 2 is 1.59 bits per heavy atom. The fourth-order valence-electron chi connectivity index (χ4n) is 5.98. The van der Waals surface area contributed by atoms with Gasteiger partial charge in [0, 0.05) is 50.7 Å². The normalized spacial score (nSPS) is 16.0. The number of hydrogen-bond donors (Lipinski definition) is 1. The van der Waals surface area contributed by atoms with E-state index in [2.05, 4.69) is 63.3 Å². The first-order valence-corrected chi connectivity index (χ1v) is 13.6. The summed E-state index contributed by atoms with van der Waals surface area (Å²) in [5, 5.41) is 21.6. The van der Waals surface area contributed by atoms with Crippen LogP contribution in [0.25, 0.3) is 10.9 Å². The molecule has 0 saturated carbocycles. The Kier molecular flexibility index (Phi) is 7.13. The number of hydrogen-bond acceptors (Lipinski definition) is 7. The average molecular weight is 525 g/mol. The number of nitro benzene ring substituents is 1. The van der Waals surface area contributed by atoms with Crippen molar-refractivity contribution in [1.82, 2.24) is 9.88 Å². The smallest absolute Gasteiger partial charge is 0.295 e. The summed E-state index contributed by atoms with van der Waals surface area (Å²) < 4.78 is 5.98. The van der Waals surface area contributed by atoms with Crippen molar-refractivity contribution in [3.8, 4) is 5.88 Å². The van der Waals surface area contributed by atoms with E-state index in [-0.39, 0.29) is 24.9 Å². The summed E-state index contributed by atoms with van der Waals surface area (Å²) in [4.78, 5) is 20.7. The first kappa shape index (κ1) is 25.3. The van der Waals surface area contributed by atoms with Crippen molar-refractivity contribution < 1.29 is 14.8 Å². The van der Waals surface area contributed by atoms with E-state index in [1.165, 1.54) is 28.3 Å². The summed E-state index contributed by atoms with van der Waals surface area (Å²) in [6.07, 6.45) is 2.56. The van der Waals surface area contributed by atoms with Crippen molar-refractivity contribution in [2.45, 2.75) is 25.3 Å². The number of fused-ring (bicyclic) bond motifs is 3. The molecule has 200 valence electrons. The number of rotatable bonds is 7. The molecule has 0 spiro atoms. The number of nitro groups is 1. The van der Waals surface area contributed by atoms with Crippen LogP contribution in [0.5, 0.6) is 5.88 Å². The summed E-state index contributed by atoms with van der Waals surface area (Å²) in [6.45, 7) is 3.57. The van der Waals surface area contributed by atoms with Crippen LogP contribution in [-0.4, -0.2) is 59.3 Å². The minimum atomic E-state index is -0.409. The number of pyridine rings is 1. The second kappa shape index (κ2) is 11.0. The van der Waals surface area contributed by atoms with Gasteiger partial charge < -0.3 is 14.7 Å². The monoisotopic (exact) mass is 524 g/mol. The quantitative estimate of drug-likeness (QED) is 0.209. The number of benzene rings is 3. The van der Waals surface area contributed by atoms with E-state index < -0.39 is 4.92 Å². The van der Waals surface area contributed by atoms with Crippen molar-refractivity contribution in [3.63, 3.8) is 0 Å². The van der Waals surface area contributed by atoms with Crippen LogP contribution >= 0.6 is 0 Å². The fraction of sp³-hybridized carbons (Fsp3) is 0.323. The molecule has 0 amide bonds. The third-order valence-corrected chi connectivity index (χ3v) is 7.89. The molecule has 1 N–H and O–H groups in total. The van der Waals surface area contributed by atoms with Crippen molar-refractivity contribution in [2.24, 2.45) is 0 Å². The molecule has 4 aromatic rings. The second-order valence-corrected chi connectivity index (χ2v) is 10.2. The van der Waals surface area contributed by atoms with Gasteiger partial charge in [0.05, 0.1) is 17.6 Å².